The lowest BCUT2D eigenvalue weighted by Crippen LogP contribution is -2.07. The summed E-state index contributed by atoms with van der Waals surface area (Å²) in [6.07, 6.45) is 0.968. The Morgan fingerprint density at radius 1 is 1.08 bits per heavy atom. The third kappa shape index (κ3) is 3.14. The summed E-state index contributed by atoms with van der Waals surface area (Å²) in [5.41, 5.74) is 5.76. The summed E-state index contributed by atoms with van der Waals surface area (Å²) < 4.78 is 8.67. The average molecular weight is 341 g/mol. The van der Waals surface area contributed by atoms with Gasteiger partial charge < -0.3 is 4.74 Å². The number of nitrogens with zero attached hydrogens (tertiary/aromatic N) is 5. The second-order valence-corrected chi connectivity index (χ2v) is 6.11. The maximum Gasteiger partial charge on any atom is 0.306 e. The molecule has 132 valence electrons. The summed E-state index contributed by atoms with van der Waals surface area (Å²) in [7, 11) is 0. The van der Waals surface area contributed by atoms with Gasteiger partial charge in [0.05, 0.1) is 23.7 Å². The predicted octanol–water partition coefficient (Wildman–Crippen LogP) is 2.64. The van der Waals surface area contributed by atoms with Gasteiger partial charge >= 0.3 is 5.97 Å². The second kappa shape index (κ2) is 6.66. The van der Waals surface area contributed by atoms with Gasteiger partial charge in [-0.15, -0.1) is 5.10 Å². The van der Waals surface area contributed by atoms with Gasteiger partial charge in [-0.2, -0.15) is 5.10 Å². The van der Waals surface area contributed by atoms with E-state index in [9.17, 15) is 4.79 Å². The Labute approximate surface area is 146 Å². The van der Waals surface area contributed by atoms with Crippen LogP contribution >= 0.6 is 0 Å². The Morgan fingerprint density at radius 3 is 2.56 bits per heavy atom. The molecule has 0 aromatic carbocycles. The molecule has 0 atom stereocenters. The van der Waals surface area contributed by atoms with E-state index in [1.165, 1.54) is 0 Å². The molecule has 3 aromatic rings. The third-order valence-electron chi connectivity index (χ3n) is 4.47. The van der Waals surface area contributed by atoms with E-state index in [-0.39, 0.29) is 5.97 Å². The van der Waals surface area contributed by atoms with Gasteiger partial charge in [0, 0.05) is 12.1 Å². The summed E-state index contributed by atoms with van der Waals surface area (Å²) in [6, 6.07) is 3.85. The summed E-state index contributed by atoms with van der Waals surface area (Å²) in [5.74, 6) is 0.550. The summed E-state index contributed by atoms with van der Waals surface area (Å²) in [6.45, 7) is 10.1. The van der Waals surface area contributed by atoms with Crippen molar-refractivity contribution in [2.45, 2.75) is 47.5 Å². The van der Waals surface area contributed by atoms with E-state index < -0.39 is 0 Å². The van der Waals surface area contributed by atoms with Gasteiger partial charge in [-0.1, -0.05) is 0 Å². The zero-order valence-corrected chi connectivity index (χ0v) is 15.3. The topological polar surface area (TPSA) is 74.3 Å². The quantitative estimate of drug-likeness (QED) is 0.667. The van der Waals surface area contributed by atoms with Crippen molar-refractivity contribution >= 4 is 11.6 Å². The van der Waals surface area contributed by atoms with Crippen molar-refractivity contribution in [2.24, 2.45) is 0 Å². The minimum absolute atomic E-state index is 0.182. The van der Waals surface area contributed by atoms with E-state index in [2.05, 4.69) is 15.2 Å². The molecule has 7 nitrogen and oxygen atoms in total. The number of hydrogen-bond acceptors (Lipinski definition) is 5. The highest BCUT2D eigenvalue weighted by Crippen LogP contribution is 2.19. The fraction of sp³-hybridized carbons (Fsp3) is 0.444. The Morgan fingerprint density at radius 2 is 1.84 bits per heavy atom. The maximum atomic E-state index is 11.6. The van der Waals surface area contributed by atoms with Crippen LogP contribution in [0.2, 0.25) is 0 Å². The molecule has 0 radical (unpaired) electrons. The second-order valence-electron chi connectivity index (χ2n) is 6.11. The van der Waals surface area contributed by atoms with Crippen LogP contribution in [-0.4, -0.2) is 37.0 Å². The lowest BCUT2D eigenvalue weighted by Gasteiger charge is -2.06. The molecular weight excluding hydrogens is 318 g/mol. The highest BCUT2D eigenvalue weighted by Gasteiger charge is 2.16. The van der Waals surface area contributed by atoms with Crippen molar-refractivity contribution in [3.63, 3.8) is 0 Å². The molecule has 0 aliphatic rings. The molecule has 0 aliphatic heterocycles. The number of rotatable bonds is 5. The molecule has 0 amide bonds. The highest BCUT2D eigenvalue weighted by atomic mass is 16.5. The molecule has 0 fully saturated rings. The van der Waals surface area contributed by atoms with E-state index in [1.54, 1.807) is 0 Å². The van der Waals surface area contributed by atoms with Crippen molar-refractivity contribution in [3.05, 3.63) is 40.5 Å². The first-order valence-electron chi connectivity index (χ1n) is 8.46. The number of imidazole rings is 1. The number of esters is 1. The predicted molar refractivity (Wildman–Crippen MR) is 94.0 cm³/mol. The van der Waals surface area contributed by atoms with Crippen LogP contribution in [0.4, 0.5) is 0 Å². The van der Waals surface area contributed by atoms with Gasteiger partial charge in [0.1, 0.15) is 0 Å². The Bertz CT molecular complexity index is 939. The molecule has 0 spiro atoms. The van der Waals surface area contributed by atoms with Crippen molar-refractivity contribution in [3.8, 4) is 5.82 Å². The van der Waals surface area contributed by atoms with E-state index in [4.69, 9.17) is 4.74 Å². The Balaban J connectivity index is 1.94. The molecule has 0 unspecified atom stereocenters. The molecule has 3 aromatic heterocycles. The van der Waals surface area contributed by atoms with Crippen LogP contribution in [0.25, 0.3) is 11.5 Å². The third-order valence-corrected chi connectivity index (χ3v) is 4.47. The number of carbonyl (C=O) groups excluding carboxylic acids is 1. The normalized spacial score (nSPS) is 11.2. The monoisotopic (exact) mass is 341 g/mol. The smallest absolute Gasteiger partial charge is 0.306 e. The molecule has 3 rings (SSSR count). The first-order chi connectivity index (χ1) is 11.9. The largest absolute Gasteiger partial charge is 0.466 e. The summed E-state index contributed by atoms with van der Waals surface area (Å²) >= 11 is 0. The van der Waals surface area contributed by atoms with Gasteiger partial charge in [0.25, 0.3) is 0 Å². The van der Waals surface area contributed by atoms with Crippen molar-refractivity contribution in [1.29, 1.82) is 0 Å². The van der Waals surface area contributed by atoms with Gasteiger partial charge in [0.2, 0.25) is 0 Å². The highest BCUT2D eigenvalue weighted by molar-refractivity contribution is 5.69. The maximum absolute atomic E-state index is 11.6. The van der Waals surface area contributed by atoms with Crippen molar-refractivity contribution in [1.82, 2.24) is 24.4 Å². The summed E-state index contributed by atoms with van der Waals surface area (Å²) in [4.78, 5) is 16.1. The Kier molecular flexibility index (Phi) is 4.57. The molecule has 3 heterocycles. The van der Waals surface area contributed by atoms with Crippen LogP contribution in [0.1, 0.15) is 41.7 Å². The molecule has 0 saturated heterocycles. The van der Waals surface area contributed by atoms with Gasteiger partial charge in [0.15, 0.2) is 11.5 Å². The van der Waals surface area contributed by atoms with Crippen LogP contribution in [0.3, 0.4) is 0 Å². The average Bonchev–Trinajstić information content (AvgIpc) is 3.02. The van der Waals surface area contributed by atoms with E-state index in [1.807, 2.05) is 55.9 Å². The first kappa shape index (κ1) is 17.1. The fourth-order valence-electron chi connectivity index (χ4n) is 2.98. The van der Waals surface area contributed by atoms with Crippen LogP contribution < -0.4 is 0 Å². The van der Waals surface area contributed by atoms with E-state index in [0.29, 0.717) is 19.4 Å². The van der Waals surface area contributed by atoms with Gasteiger partial charge in [-0.25, -0.2) is 14.2 Å². The lowest BCUT2D eigenvalue weighted by atomic mass is 10.1. The number of aryl methyl sites for hydroxylation is 3. The lowest BCUT2D eigenvalue weighted by molar-refractivity contribution is -0.143. The zero-order valence-electron chi connectivity index (χ0n) is 15.3. The molecular formula is C18H23N5O2. The van der Waals surface area contributed by atoms with Crippen LogP contribution in [0.15, 0.2) is 12.1 Å². The number of ether oxygens (including phenoxy) is 1. The van der Waals surface area contributed by atoms with Crippen LogP contribution in [0, 0.1) is 27.7 Å². The Hall–Kier alpha value is -2.70. The fourth-order valence-corrected chi connectivity index (χ4v) is 2.98. The van der Waals surface area contributed by atoms with Crippen LogP contribution in [0.5, 0.6) is 0 Å². The summed E-state index contributed by atoms with van der Waals surface area (Å²) in [5, 5.41) is 9.28. The first-order valence-corrected chi connectivity index (χ1v) is 8.46. The standard InChI is InChI=1S/C18H23N5O2/c1-6-25-18(24)10-7-15-12(3)20-23(14(15)5)17-9-8-16-19-11(2)13(4)22(16)21-17/h8-9H,6-7,10H2,1-5H3. The molecule has 7 heteroatoms. The minimum Gasteiger partial charge on any atom is -0.466 e. The molecule has 25 heavy (non-hydrogen) atoms. The van der Waals surface area contributed by atoms with Crippen molar-refractivity contribution < 1.29 is 9.53 Å². The number of aromatic nitrogens is 5. The van der Waals surface area contributed by atoms with E-state index >= 15 is 0 Å². The zero-order chi connectivity index (χ0) is 18.1. The van der Waals surface area contributed by atoms with Gasteiger partial charge in [-0.3, -0.25) is 4.79 Å². The number of carbonyl (C=O) groups is 1. The molecule has 0 saturated carbocycles. The van der Waals surface area contributed by atoms with Gasteiger partial charge in [-0.05, 0) is 58.7 Å². The van der Waals surface area contributed by atoms with E-state index in [0.717, 1.165) is 39.8 Å². The minimum atomic E-state index is -0.182. The molecule has 0 aliphatic carbocycles. The molecule has 0 bridgehead atoms. The van der Waals surface area contributed by atoms with Crippen LogP contribution in [-0.2, 0) is 16.0 Å². The number of fused-ring (bicyclic) bond motifs is 1. The molecule has 0 N–H and O–H groups in total. The SMILES string of the molecule is CCOC(=O)CCc1c(C)nn(-c2ccc3nc(C)c(C)n3n2)c1C. The van der Waals surface area contributed by atoms with Crippen molar-refractivity contribution in [2.75, 3.05) is 6.61 Å². The number of hydrogen-bond donors (Lipinski definition) is 0.